The number of nitrogens with zero attached hydrogens (tertiary/aromatic N) is 1. The molecular weight excluding hydrogens is 308 g/mol. The van der Waals surface area contributed by atoms with Crippen LogP contribution < -0.4 is 5.32 Å². The second-order valence-corrected chi connectivity index (χ2v) is 5.48. The number of hydrogen-bond acceptors (Lipinski definition) is 3. The summed E-state index contributed by atoms with van der Waals surface area (Å²) in [4.78, 5) is 27.5. The Kier molecular flexibility index (Phi) is 3.06. The molecule has 1 aliphatic heterocycles. The molecule has 4 nitrogen and oxygen atoms in total. The number of nitrogens with one attached hydrogen (secondary N) is 1. The summed E-state index contributed by atoms with van der Waals surface area (Å²) in [7, 11) is 0. The van der Waals surface area contributed by atoms with E-state index < -0.39 is 0 Å². The van der Waals surface area contributed by atoms with Gasteiger partial charge in [-0.3, -0.25) is 19.9 Å². The monoisotopic (exact) mass is 318 g/mol. The number of carbonyl (C=O) groups excluding carboxylic acids is 2. The van der Waals surface area contributed by atoms with Crippen molar-refractivity contribution in [2.75, 3.05) is 0 Å². The molecule has 1 fully saturated rings. The third-order valence-corrected chi connectivity index (χ3v) is 3.85. The minimum absolute atomic E-state index is 0.192. The molecule has 1 aromatic heterocycles. The number of aromatic nitrogens is 1. The van der Waals surface area contributed by atoms with Gasteiger partial charge in [0.1, 0.15) is 0 Å². The van der Waals surface area contributed by atoms with Crippen LogP contribution in [-0.4, -0.2) is 16.8 Å². The zero-order valence-electron chi connectivity index (χ0n) is 10.0. The molecule has 1 aromatic carbocycles. The van der Waals surface area contributed by atoms with Gasteiger partial charge in [-0.05, 0) is 30.2 Å². The third kappa shape index (κ3) is 2.26. The van der Waals surface area contributed by atoms with Gasteiger partial charge in [-0.2, -0.15) is 0 Å². The van der Waals surface area contributed by atoms with E-state index in [1.165, 1.54) is 0 Å². The molecule has 1 unspecified atom stereocenters. The summed E-state index contributed by atoms with van der Waals surface area (Å²) in [5.41, 5.74) is 1.78. The largest absolute Gasteiger partial charge is 0.296 e. The Hall–Kier alpha value is -1.75. The van der Waals surface area contributed by atoms with E-state index in [4.69, 9.17) is 0 Å². The first-order chi connectivity index (χ1) is 9.15. The maximum Gasteiger partial charge on any atom is 0.234 e. The van der Waals surface area contributed by atoms with Gasteiger partial charge in [0.25, 0.3) is 0 Å². The number of amides is 2. The van der Waals surface area contributed by atoms with Gasteiger partial charge in [0.15, 0.2) is 0 Å². The first-order valence-corrected chi connectivity index (χ1v) is 6.82. The Morgan fingerprint density at radius 1 is 1.26 bits per heavy atom. The van der Waals surface area contributed by atoms with Gasteiger partial charge in [0.2, 0.25) is 11.8 Å². The molecule has 0 aliphatic carbocycles. The maximum absolute atomic E-state index is 12.0. The molecule has 0 spiro atoms. The molecule has 2 amide bonds. The van der Waals surface area contributed by atoms with Gasteiger partial charge < -0.3 is 0 Å². The minimum Gasteiger partial charge on any atom is -0.296 e. The van der Waals surface area contributed by atoms with E-state index in [1.807, 2.05) is 24.3 Å². The van der Waals surface area contributed by atoms with Crippen molar-refractivity contribution in [3.8, 4) is 0 Å². The molecule has 1 aliphatic rings. The summed E-state index contributed by atoms with van der Waals surface area (Å²) in [5.74, 6) is -0.682. The molecule has 2 aromatic rings. The lowest BCUT2D eigenvalue weighted by Gasteiger charge is -2.22. The van der Waals surface area contributed by atoms with Gasteiger partial charge in [0.05, 0.1) is 11.4 Å². The normalized spacial score (nSPS) is 19.5. The number of benzene rings is 1. The van der Waals surface area contributed by atoms with Crippen LogP contribution in [0.2, 0.25) is 0 Å². The van der Waals surface area contributed by atoms with E-state index in [0.29, 0.717) is 12.8 Å². The molecule has 5 heteroatoms. The SMILES string of the molecule is O=C1CCC(c2ccnc3cc(Br)ccc23)C(=O)N1. The van der Waals surface area contributed by atoms with Crippen LogP contribution in [-0.2, 0) is 9.59 Å². The Morgan fingerprint density at radius 2 is 2.11 bits per heavy atom. The predicted octanol–water partition coefficient (Wildman–Crippen LogP) is 2.52. The predicted molar refractivity (Wildman–Crippen MR) is 74.6 cm³/mol. The van der Waals surface area contributed by atoms with Crippen molar-refractivity contribution in [3.05, 3.63) is 40.5 Å². The molecular formula is C14H11BrN2O2. The summed E-state index contributed by atoms with van der Waals surface area (Å²) >= 11 is 3.41. The molecule has 1 atom stereocenters. The maximum atomic E-state index is 12.0. The number of carbonyl (C=O) groups is 2. The second kappa shape index (κ2) is 4.74. The Balaban J connectivity index is 2.10. The average Bonchev–Trinajstić information content (AvgIpc) is 2.38. The number of hydrogen-bond donors (Lipinski definition) is 1. The summed E-state index contributed by atoms with van der Waals surface area (Å²) in [6.07, 6.45) is 2.64. The van der Waals surface area contributed by atoms with Crippen LogP contribution in [0, 0.1) is 0 Å². The van der Waals surface area contributed by atoms with Crippen LogP contribution in [0.15, 0.2) is 34.9 Å². The Bertz CT molecular complexity index is 684. The highest BCUT2D eigenvalue weighted by atomic mass is 79.9. The fraction of sp³-hybridized carbons (Fsp3) is 0.214. The topological polar surface area (TPSA) is 59.1 Å². The number of fused-ring (bicyclic) bond motifs is 1. The van der Waals surface area contributed by atoms with E-state index in [0.717, 1.165) is 20.9 Å². The molecule has 0 saturated carbocycles. The van der Waals surface area contributed by atoms with Crippen molar-refractivity contribution in [2.24, 2.45) is 0 Å². The first-order valence-electron chi connectivity index (χ1n) is 6.03. The smallest absolute Gasteiger partial charge is 0.234 e. The van der Waals surface area contributed by atoms with Crippen molar-refractivity contribution in [2.45, 2.75) is 18.8 Å². The summed E-state index contributed by atoms with van der Waals surface area (Å²) in [6.45, 7) is 0. The number of piperidine rings is 1. The molecule has 19 heavy (non-hydrogen) atoms. The number of halogens is 1. The van der Waals surface area contributed by atoms with Gasteiger partial charge in [-0.1, -0.05) is 22.0 Å². The second-order valence-electron chi connectivity index (χ2n) is 4.57. The van der Waals surface area contributed by atoms with Crippen molar-refractivity contribution < 1.29 is 9.59 Å². The summed E-state index contributed by atoms with van der Waals surface area (Å²) in [5, 5.41) is 3.35. The van der Waals surface area contributed by atoms with Gasteiger partial charge in [-0.15, -0.1) is 0 Å². The highest BCUT2D eigenvalue weighted by Crippen LogP contribution is 2.31. The van der Waals surface area contributed by atoms with E-state index in [-0.39, 0.29) is 17.7 Å². The van der Waals surface area contributed by atoms with Crippen molar-refractivity contribution in [1.82, 2.24) is 10.3 Å². The molecule has 1 saturated heterocycles. The van der Waals surface area contributed by atoms with Crippen LogP contribution in [0.4, 0.5) is 0 Å². The number of imide groups is 1. The summed E-state index contributed by atoms with van der Waals surface area (Å²) < 4.78 is 0.952. The van der Waals surface area contributed by atoms with E-state index in [2.05, 4.69) is 26.2 Å². The Labute approximate surface area is 118 Å². The number of pyridine rings is 1. The molecule has 3 rings (SSSR count). The highest BCUT2D eigenvalue weighted by Gasteiger charge is 2.29. The van der Waals surface area contributed by atoms with Crippen LogP contribution in [0.25, 0.3) is 10.9 Å². The van der Waals surface area contributed by atoms with Gasteiger partial charge in [0, 0.05) is 22.5 Å². The third-order valence-electron chi connectivity index (χ3n) is 3.35. The fourth-order valence-corrected chi connectivity index (χ4v) is 2.79. The van der Waals surface area contributed by atoms with Crippen LogP contribution in [0.3, 0.4) is 0 Å². The standard InChI is InChI=1S/C14H11BrN2O2/c15-8-1-2-10-9(5-6-16-12(10)7-8)11-3-4-13(18)17-14(11)19/h1-2,5-7,11H,3-4H2,(H,17,18,19). The van der Waals surface area contributed by atoms with E-state index >= 15 is 0 Å². The summed E-state index contributed by atoms with van der Waals surface area (Å²) in [6, 6.07) is 7.66. The zero-order valence-corrected chi connectivity index (χ0v) is 11.6. The van der Waals surface area contributed by atoms with Crippen molar-refractivity contribution in [1.29, 1.82) is 0 Å². The van der Waals surface area contributed by atoms with Crippen LogP contribution in [0.1, 0.15) is 24.3 Å². The van der Waals surface area contributed by atoms with E-state index in [9.17, 15) is 9.59 Å². The quantitative estimate of drug-likeness (QED) is 0.822. The average molecular weight is 319 g/mol. The lowest BCUT2D eigenvalue weighted by molar-refractivity contribution is -0.134. The molecule has 2 heterocycles. The molecule has 96 valence electrons. The molecule has 1 N–H and O–H groups in total. The highest BCUT2D eigenvalue weighted by molar-refractivity contribution is 9.10. The van der Waals surface area contributed by atoms with Crippen molar-refractivity contribution in [3.63, 3.8) is 0 Å². The van der Waals surface area contributed by atoms with Crippen LogP contribution in [0.5, 0.6) is 0 Å². The van der Waals surface area contributed by atoms with Crippen molar-refractivity contribution >= 4 is 38.6 Å². The first kappa shape index (κ1) is 12.3. The Morgan fingerprint density at radius 3 is 2.89 bits per heavy atom. The lowest BCUT2D eigenvalue weighted by atomic mass is 9.88. The lowest BCUT2D eigenvalue weighted by Crippen LogP contribution is -2.39. The molecule has 0 bridgehead atoms. The van der Waals surface area contributed by atoms with Gasteiger partial charge >= 0.3 is 0 Å². The fourth-order valence-electron chi connectivity index (χ4n) is 2.44. The van der Waals surface area contributed by atoms with Gasteiger partial charge in [-0.25, -0.2) is 0 Å². The number of rotatable bonds is 1. The molecule has 0 radical (unpaired) electrons. The zero-order chi connectivity index (χ0) is 13.4. The van der Waals surface area contributed by atoms with E-state index in [1.54, 1.807) is 6.20 Å². The van der Waals surface area contributed by atoms with Crippen LogP contribution >= 0.6 is 15.9 Å². The minimum atomic E-state index is -0.274.